The summed E-state index contributed by atoms with van der Waals surface area (Å²) in [5.41, 5.74) is 1.85. The van der Waals surface area contributed by atoms with E-state index in [0.29, 0.717) is 0 Å². The lowest BCUT2D eigenvalue weighted by Crippen LogP contribution is -1.95. The molecule has 0 atom stereocenters. The third-order valence-electron chi connectivity index (χ3n) is 2.03. The van der Waals surface area contributed by atoms with Gasteiger partial charge in [-0.15, -0.1) is 0 Å². The second kappa shape index (κ2) is 3.53. The van der Waals surface area contributed by atoms with Gasteiger partial charge in [0.05, 0.1) is 11.8 Å². The molecule has 0 amide bonds. The first-order valence-corrected chi connectivity index (χ1v) is 4.37. The highest BCUT2D eigenvalue weighted by Crippen LogP contribution is 2.16. The topological polar surface area (TPSA) is 68.0 Å². The first kappa shape index (κ1) is 9.39. The predicted molar refractivity (Wildman–Crippen MR) is 53.4 cm³/mol. The summed E-state index contributed by atoms with van der Waals surface area (Å²) in [7, 11) is 1.73. The number of nitrogens with zero attached hydrogens (tertiary/aromatic N) is 3. The maximum absolute atomic E-state index is 10.6. The zero-order valence-corrected chi connectivity index (χ0v) is 8.08. The second-order valence-electron chi connectivity index (χ2n) is 3.10. The molecule has 0 aliphatic rings. The number of aryl methyl sites for hydroxylation is 1. The van der Waals surface area contributed by atoms with Crippen molar-refractivity contribution in [3.05, 3.63) is 36.0 Å². The van der Waals surface area contributed by atoms with Crippen LogP contribution in [-0.4, -0.2) is 26.1 Å². The first-order chi connectivity index (χ1) is 7.16. The fourth-order valence-electron chi connectivity index (χ4n) is 1.26. The Bertz CT molecular complexity index is 488. The van der Waals surface area contributed by atoms with Crippen LogP contribution in [0.15, 0.2) is 30.5 Å². The number of carboxylic acid groups (broad SMARTS) is 1. The van der Waals surface area contributed by atoms with Crippen LogP contribution in [0.5, 0.6) is 0 Å². The number of carbonyl (C=O) groups is 1. The van der Waals surface area contributed by atoms with Crippen LogP contribution >= 0.6 is 0 Å². The minimum atomic E-state index is -0.930. The fourth-order valence-corrected chi connectivity index (χ4v) is 1.26. The molecular formula is C10H9N3O2. The lowest BCUT2D eigenvalue weighted by Gasteiger charge is -1.96. The van der Waals surface area contributed by atoms with Crippen molar-refractivity contribution in [2.45, 2.75) is 0 Å². The van der Waals surface area contributed by atoms with Crippen molar-refractivity contribution in [3.63, 3.8) is 0 Å². The highest BCUT2D eigenvalue weighted by atomic mass is 16.4. The van der Waals surface area contributed by atoms with E-state index in [-0.39, 0.29) is 5.56 Å². The molecule has 0 radical (unpaired) electrons. The Kier molecular flexibility index (Phi) is 2.21. The minimum Gasteiger partial charge on any atom is -0.478 e. The SMILES string of the molecule is Cn1ncc(-c2ccc(C(=O)O)cc2)n1. The monoisotopic (exact) mass is 203 g/mol. The minimum absolute atomic E-state index is 0.266. The molecule has 76 valence electrons. The predicted octanol–water partition coefficient (Wildman–Crippen LogP) is 1.18. The van der Waals surface area contributed by atoms with Crippen LogP contribution in [0.25, 0.3) is 11.3 Å². The summed E-state index contributed by atoms with van der Waals surface area (Å²) in [6.45, 7) is 0. The van der Waals surface area contributed by atoms with Crippen molar-refractivity contribution in [2.75, 3.05) is 0 Å². The Morgan fingerprint density at radius 2 is 2.00 bits per heavy atom. The zero-order chi connectivity index (χ0) is 10.8. The highest BCUT2D eigenvalue weighted by molar-refractivity contribution is 5.88. The molecule has 0 saturated heterocycles. The van der Waals surface area contributed by atoms with Gasteiger partial charge in [0.2, 0.25) is 0 Å². The number of benzene rings is 1. The summed E-state index contributed by atoms with van der Waals surface area (Å²) in [6, 6.07) is 6.53. The molecule has 0 unspecified atom stereocenters. The number of rotatable bonds is 2. The highest BCUT2D eigenvalue weighted by Gasteiger charge is 2.04. The maximum Gasteiger partial charge on any atom is 0.335 e. The van der Waals surface area contributed by atoms with Crippen molar-refractivity contribution in [2.24, 2.45) is 7.05 Å². The Balaban J connectivity index is 2.35. The first-order valence-electron chi connectivity index (χ1n) is 4.37. The molecule has 2 aromatic rings. The molecule has 2 rings (SSSR count). The van der Waals surface area contributed by atoms with E-state index in [0.717, 1.165) is 11.3 Å². The number of carboxylic acids is 1. The van der Waals surface area contributed by atoms with E-state index in [2.05, 4.69) is 10.2 Å². The molecule has 5 heteroatoms. The largest absolute Gasteiger partial charge is 0.478 e. The molecule has 1 N–H and O–H groups in total. The quantitative estimate of drug-likeness (QED) is 0.795. The van der Waals surface area contributed by atoms with Gasteiger partial charge in [0, 0.05) is 12.6 Å². The van der Waals surface area contributed by atoms with E-state index < -0.39 is 5.97 Å². The normalized spacial score (nSPS) is 10.2. The molecule has 0 aliphatic heterocycles. The molecule has 1 aromatic heterocycles. The van der Waals surface area contributed by atoms with Gasteiger partial charge in [-0.05, 0) is 12.1 Å². The Morgan fingerprint density at radius 3 is 2.47 bits per heavy atom. The molecule has 0 fully saturated rings. The summed E-state index contributed by atoms with van der Waals surface area (Å²) in [5.74, 6) is -0.930. The lowest BCUT2D eigenvalue weighted by molar-refractivity contribution is 0.0697. The zero-order valence-electron chi connectivity index (χ0n) is 8.08. The number of hydrogen-bond donors (Lipinski definition) is 1. The average molecular weight is 203 g/mol. The molecule has 15 heavy (non-hydrogen) atoms. The smallest absolute Gasteiger partial charge is 0.335 e. The van der Waals surface area contributed by atoms with Gasteiger partial charge in [-0.3, -0.25) is 0 Å². The van der Waals surface area contributed by atoms with Crippen LogP contribution in [0.3, 0.4) is 0 Å². The van der Waals surface area contributed by atoms with Crippen LogP contribution < -0.4 is 0 Å². The van der Waals surface area contributed by atoms with E-state index in [1.165, 1.54) is 4.80 Å². The van der Waals surface area contributed by atoms with Gasteiger partial charge in [-0.25, -0.2) is 4.79 Å². The molecule has 0 aliphatic carbocycles. The Labute approximate surface area is 86.0 Å². The molecule has 5 nitrogen and oxygen atoms in total. The van der Waals surface area contributed by atoms with E-state index >= 15 is 0 Å². The van der Waals surface area contributed by atoms with Crippen molar-refractivity contribution in [1.29, 1.82) is 0 Å². The van der Waals surface area contributed by atoms with Crippen LogP contribution in [-0.2, 0) is 7.05 Å². The third kappa shape index (κ3) is 1.85. The summed E-state index contributed by atoms with van der Waals surface area (Å²) >= 11 is 0. The van der Waals surface area contributed by atoms with Gasteiger partial charge in [0.25, 0.3) is 0 Å². The standard InChI is InChI=1S/C10H9N3O2/c1-13-11-6-9(12-13)7-2-4-8(5-3-7)10(14)15/h2-6H,1H3,(H,14,15). The van der Waals surface area contributed by atoms with Crippen molar-refractivity contribution in [3.8, 4) is 11.3 Å². The van der Waals surface area contributed by atoms with E-state index in [1.807, 2.05) is 0 Å². The third-order valence-corrected chi connectivity index (χ3v) is 2.03. The van der Waals surface area contributed by atoms with E-state index in [4.69, 9.17) is 5.11 Å². The maximum atomic E-state index is 10.6. The number of aromatic carboxylic acids is 1. The molecule has 1 heterocycles. The Hall–Kier alpha value is -2.17. The summed E-state index contributed by atoms with van der Waals surface area (Å²) < 4.78 is 0. The van der Waals surface area contributed by atoms with Gasteiger partial charge in [0.15, 0.2) is 0 Å². The average Bonchev–Trinajstić information content (AvgIpc) is 2.65. The molecular weight excluding hydrogens is 194 g/mol. The van der Waals surface area contributed by atoms with Crippen LogP contribution in [0.1, 0.15) is 10.4 Å². The van der Waals surface area contributed by atoms with Gasteiger partial charge < -0.3 is 5.11 Å². The van der Waals surface area contributed by atoms with Crippen molar-refractivity contribution in [1.82, 2.24) is 15.0 Å². The molecule has 0 spiro atoms. The fraction of sp³-hybridized carbons (Fsp3) is 0.100. The summed E-state index contributed by atoms with van der Waals surface area (Å²) in [4.78, 5) is 12.1. The number of aromatic nitrogens is 3. The van der Waals surface area contributed by atoms with Gasteiger partial charge in [-0.1, -0.05) is 12.1 Å². The van der Waals surface area contributed by atoms with Crippen molar-refractivity contribution >= 4 is 5.97 Å². The van der Waals surface area contributed by atoms with Gasteiger partial charge in [0.1, 0.15) is 5.69 Å². The molecule has 1 aromatic carbocycles. The molecule has 0 saturated carbocycles. The summed E-state index contributed by atoms with van der Waals surface area (Å²) in [5, 5.41) is 16.8. The second-order valence-corrected chi connectivity index (χ2v) is 3.10. The van der Waals surface area contributed by atoms with E-state index in [9.17, 15) is 4.79 Å². The van der Waals surface area contributed by atoms with Crippen LogP contribution in [0.2, 0.25) is 0 Å². The van der Waals surface area contributed by atoms with Gasteiger partial charge >= 0.3 is 5.97 Å². The van der Waals surface area contributed by atoms with Crippen LogP contribution in [0, 0.1) is 0 Å². The summed E-state index contributed by atoms with van der Waals surface area (Å²) in [6.07, 6.45) is 1.63. The molecule has 0 bridgehead atoms. The van der Waals surface area contributed by atoms with Crippen molar-refractivity contribution < 1.29 is 9.90 Å². The van der Waals surface area contributed by atoms with Crippen LogP contribution in [0.4, 0.5) is 0 Å². The van der Waals surface area contributed by atoms with E-state index in [1.54, 1.807) is 37.5 Å². The number of hydrogen-bond acceptors (Lipinski definition) is 3. The Morgan fingerprint density at radius 1 is 1.33 bits per heavy atom. The van der Waals surface area contributed by atoms with Gasteiger partial charge in [-0.2, -0.15) is 15.0 Å². The lowest BCUT2D eigenvalue weighted by atomic mass is 10.1.